The van der Waals surface area contributed by atoms with Gasteiger partial charge in [0.15, 0.2) is 5.65 Å². The maximum Gasteiger partial charge on any atom is 0.211 e. The van der Waals surface area contributed by atoms with Crippen molar-refractivity contribution in [2.45, 2.75) is 44.3 Å². The van der Waals surface area contributed by atoms with Gasteiger partial charge < -0.3 is 10.6 Å². The number of rotatable bonds is 1. The van der Waals surface area contributed by atoms with Crippen LogP contribution >= 0.6 is 22.6 Å². The van der Waals surface area contributed by atoms with Gasteiger partial charge in [-0.3, -0.25) is 4.40 Å². The molecule has 4 rings (SSSR count). The smallest absolute Gasteiger partial charge is 0.211 e. The van der Waals surface area contributed by atoms with Gasteiger partial charge in [0.05, 0.1) is 3.57 Å². The number of piperidine rings is 1. The molecule has 2 aromatic rings. The highest BCUT2D eigenvalue weighted by Crippen LogP contribution is 2.51. The maximum atomic E-state index is 14.4. The van der Waals surface area contributed by atoms with Crippen LogP contribution in [-0.4, -0.2) is 39.2 Å². The van der Waals surface area contributed by atoms with E-state index in [-0.39, 0.29) is 11.5 Å². The third kappa shape index (κ3) is 2.52. The highest BCUT2D eigenvalue weighted by molar-refractivity contribution is 14.1. The average Bonchev–Trinajstić information content (AvgIpc) is 3.05. The van der Waals surface area contributed by atoms with Crippen LogP contribution in [0, 0.1) is 8.99 Å². The minimum absolute atomic E-state index is 0.0300. The Balaban J connectivity index is 1.58. The Labute approximate surface area is 148 Å². The van der Waals surface area contributed by atoms with Gasteiger partial charge in [-0.1, -0.05) is 0 Å². The number of aromatic nitrogens is 3. The second-order valence-electron chi connectivity index (χ2n) is 7.28. The summed E-state index contributed by atoms with van der Waals surface area (Å²) >= 11 is 2.25. The first kappa shape index (κ1) is 15.6. The van der Waals surface area contributed by atoms with Gasteiger partial charge in [0, 0.05) is 37.7 Å². The number of imidazole rings is 1. The van der Waals surface area contributed by atoms with Crippen molar-refractivity contribution in [2.75, 3.05) is 18.0 Å². The van der Waals surface area contributed by atoms with Gasteiger partial charge in [0.2, 0.25) is 5.95 Å². The van der Waals surface area contributed by atoms with Gasteiger partial charge in [0.25, 0.3) is 0 Å². The lowest BCUT2D eigenvalue weighted by atomic mass is 9.74. The van der Waals surface area contributed by atoms with Crippen molar-refractivity contribution in [1.29, 1.82) is 0 Å². The molecule has 1 unspecified atom stereocenters. The summed E-state index contributed by atoms with van der Waals surface area (Å²) in [4.78, 5) is 11.3. The van der Waals surface area contributed by atoms with Crippen LogP contribution < -0.4 is 10.6 Å². The van der Waals surface area contributed by atoms with Crippen LogP contribution in [0.5, 0.6) is 0 Å². The van der Waals surface area contributed by atoms with E-state index in [1.54, 1.807) is 13.1 Å². The van der Waals surface area contributed by atoms with Gasteiger partial charge in [-0.15, -0.1) is 0 Å². The minimum atomic E-state index is -1.11. The van der Waals surface area contributed by atoms with E-state index in [0.29, 0.717) is 12.8 Å². The zero-order chi connectivity index (χ0) is 16.2. The predicted octanol–water partition coefficient (Wildman–Crippen LogP) is 2.77. The van der Waals surface area contributed by atoms with E-state index in [4.69, 9.17) is 5.73 Å². The summed E-state index contributed by atoms with van der Waals surface area (Å²) in [5.74, 6) is 0.919. The SMILES string of the molecule is CC1(F)C[C@@H](N)C2(CCN(c3ncc(I)c4nccn34)CC2)C1. The third-order valence-electron chi connectivity index (χ3n) is 5.56. The number of halogens is 2. The van der Waals surface area contributed by atoms with Crippen LogP contribution in [0.25, 0.3) is 5.65 Å². The average molecular weight is 429 g/mol. The van der Waals surface area contributed by atoms with Gasteiger partial charge in [-0.25, -0.2) is 14.4 Å². The Hall–Kier alpha value is -0.960. The molecule has 2 N–H and O–H groups in total. The summed E-state index contributed by atoms with van der Waals surface area (Å²) < 4.78 is 17.5. The standard InChI is InChI=1S/C16H21FIN5/c1-15(17)8-12(19)16(10-15)2-5-22(6-3-16)14-21-9-11(18)13-20-4-7-23(13)14/h4,7,9,12H,2-3,5-6,8,10,19H2,1H3/t12-,15?/m1/s1. The highest BCUT2D eigenvalue weighted by Gasteiger charge is 2.52. The molecule has 3 heterocycles. The minimum Gasteiger partial charge on any atom is -0.342 e. The number of hydrogen-bond acceptors (Lipinski definition) is 4. The van der Waals surface area contributed by atoms with Crippen molar-refractivity contribution in [2.24, 2.45) is 11.1 Å². The first-order chi connectivity index (χ1) is 10.9. The van der Waals surface area contributed by atoms with E-state index in [1.165, 1.54) is 0 Å². The summed E-state index contributed by atoms with van der Waals surface area (Å²) in [6.45, 7) is 3.43. The molecule has 0 radical (unpaired) electrons. The van der Waals surface area contributed by atoms with Gasteiger partial charge in [0.1, 0.15) is 5.67 Å². The van der Waals surface area contributed by atoms with Crippen molar-refractivity contribution in [3.63, 3.8) is 0 Å². The Morgan fingerprint density at radius 3 is 2.74 bits per heavy atom. The molecule has 2 aromatic heterocycles. The fourth-order valence-corrected chi connectivity index (χ4v) is 4.96. The molecule has 1 saturated carbocycles. The van der Waals surface area contributed by atoms with Crippen LogP contribution in [-0.2, 0) is 0 Å². The van der Waals surface area contributed by atoms with Crippen LogP contribution in [0.15, 0.2) is 18.6 Å². The maximum absolute atomic E-state index is 14.4. The lowest BCUT2D eigenvalue weighted by Gasteiger charge is -2.42. The van der Waals surface area contributed by atoms with Crippen molar-refractivity contribution in [1.82, 2.24) is 14.4 Å². The number of hydrogen-bond donors (Lipinski definition) is 1. The number of anilines is 1. The van der Waals surface area contributed by atoms with Crippen molar-refractivity contribution in [3.8, 4) is 0 Å². The fraction of sp³-hybridized carbons (Fsp3) is 0.625. The van der Waals surface area contributed by atoms with Crippen molar-refractivity contribution >= 4 is 34.2 Å². The molecule has 0 bridgehead atoms. The molecule has 7 heteroatoms. The molecule has 1 aliphatic heterocycles. The molecule has 2 atom stereocenters. The topological polar surface area (TPSA) is 59.5 Å². The molecule has 124 valence electrons. The highest BCUT2D eigenvalue weighted by atomic mass is 127. The zero-order valence-corrected chi connectivity index (χ0v) is 15.3. The molecule has 2 fully saturated rings. The van der Waals surface area contributed by atoms with Crippen molar-refractivity contribution in [3.05, 3.63) is 22.2 Å². The van der Waals surface area contributed by atoms with E-state index in [2.05, 4.69) is 37.5 Å². The molecule has 0 amide bonds. The van der Waals surface area contributed by atoms with E-state index >= 15 is 0 Å². The van der Waals surface area contributed by atoms with Crippen molar-refractivity contribution < 1.29 is 4.39 Å². The Morgan fingerprint density at radius 2 is 2.09 bits per heavy atom. The van der Waals surface area contributed by atoms with Gasteiger partial charge in [-0.2, -0.15) is 0 Å². The van der Waals surface area contributed by atoms with Gasteiger partial charge >= 0.3 is 0 Å². The molecule has 1 spiro atoms. The summed E-state index contributed by atoms with van der Waals surface area (Å²) in [5, 5.41) is 0. The lowest BCUT2D eigenvalue weighted by Crippen LogP contribution is -2.47. The van der Waals surface area contributed by atoms with Crippen LogP contribution in [0.1, 0.15) is 32.6 Å². The molecule has 0 aromatic carbocycles. The van der Waals surface area contributed by atoms with Crippen LogP contribution in [0.4, 0.5) is 10.3 Å². The molecule has 1 aliphatic carbocycles. The number of fused-ring (bicyclic) bond motifs is 1. The summed E-state index contributed by atoms with van der Waals surface area (Å²) in [6, 6.07) is -0.0300. The third-order valence-corrected chi connectivity index (χ3v) is 6.32. The second-order valence-corrected chi connectivity index (χ2v) is 8.44. The quantitative estimate of drug-likeness (QED) is 0.709. The number of alkyl halides is 1. The predicted molar refractivity (Wildman–Crippen MR) is 96.3 cm³/mol. The first-order valence-electron chi connectivity index (χ1n) is 8.07. The zero-order valence-electron chi connectivity index (χ0n) is 13.2. The van der Waals surface area contributed by atoms with E-state index < -0.39 is 5.67 Å². The molecule has 23 heavy (non-hydrogen) atoms. The second kappa shape index (κ2) is 5.27. The normalized spacial score (nSPS) is 30.4. The fourth-order valence-electron chi connectivity index (χ4n) is 4.42. The van der Waals surface area contributed by atoms with E-state index in [9.17, 15) is 4.39 Å². The molecule has 2 aliphatic rings. The Morgan fingerprint density at radius 1 is 1.35 bits per heavy atom. The Bertz CT molecular complexity index is 735. The number of nitrogens with two attached hydrogens (primary N) is 1. The monoisotopic (exact) mass is 429 g/mol. The largest absolute Gasteiger partial charge is 0.342 e. The summed E-state index contributed by atoms with van der Waals surface area (Å²) in [5.41, 5.74) is 6.09. The lowest BCUT2D eigenvalue weighted by molar-refractivity contribution is 0.142. The molecular formula is C16H21FIN5. The summed E-state index contributed by atoms with van der Waals surface area (Å²) in [6.07, 6.45) is 8.55. The first-order valence-corrected chi connectivity index (χ1v) is 9.15. The summed E-state index contributed by atoms with van der Waals surface area (Å²) in [7, 11) is 0. The molecule has 1 saturated heterocycles. The van der Waals surface area contributed by atoms with E-state index in [1.807, 2.05) is 16.8 Å². The number of nitrogens with zero attached hydrogens (tertiary/aromatic N) is 4. The van der Waals surface area contributed by atoms with Crippen LogP contribution in [0.3, 0.4) is 0 Å². The molecular weight excluding hydrogens is 408 g/mol. The van der Waals surface area contributed by atoms with Gasteiger partial charge in [-0.05, 0) is 60.6 Å². The molecule has 5 nitrogen and oxygen atoms in total. The van der Waals surface area contributed by atoms with E-state index in [0.717, 1.165) is 41.1 Å². The van der Waals surface area contributed by atoms with Crippen LogP contribution in [0.2, 0.25) is 0 Å². The Kier molecular flexibility index (Phi) is 3.57.